The standard InChI is InChI=1S/C7H15IN2/c8-9-4-7-10-5-2-1-3-6-10/h9H,1-7H2. The van der Waals surface area contributed by atoms with Crippen LogP contribution in [0.4, 0.5) is 0 Å². The Bertz CT molecular complexity index is 81.7. The van der Waals surface area contributed by atoms with Gasteiger partial charge in [0.05, 0.1) is 0 Å². The van der Waals surface area contributed by atoms with Gasteiger partial charge in [0.15, 0.2) is 0 Å². The maximum absolute atomic E-state index is 3.14. The molecule has 0 bridgehead atoms. The number of piperidine rings is 1. The Morgan fingerprint density at radius 3 is 2.50 bits per heavy atom. The normalized spacial score (nSPS) is 21.3. The highest BCUT2D eigenvalue weighted by Gasteiger charge is 2.07. The van der Waals surface area contributed by atoms with Crippen LogP contribution in [0.3, 0.4) is 0 Å². The van der Waals surface area contributed by atoms with Gasteiger partial charge in [0, 0.05) is 36.0 Å². The third-order valence-corrected chi connectivity index (χ3v) is 2.51. The molecule has 1 heterocycles. The van der Waals surface area contributed by atoms with Crippen LogP contribution in [-0.4, -0.2) is 31.1 Å². The fraction of sp³-hybridized carbons (Fsp3) is 1.00. The highest BCUT2D eigenvalue weighted by Crippen LogP contribution is 2.07. The van der Waals surface area contributed by atoms with E-state index in [1.165, 1.54) is 38.9 Å². The average Bonchev–Trinajstić information content (AvgIpc) is 2.03. The molecule has 1 saturated heterocycles. The maximum atomic E-state index is 3.14. The highest BCUT2D eigenvalue weighted by molar-refractivity contribution is 14.1. The molecule has 1 aliphatic rings. The van der Waals surface area contributed by atoms with Crippen molar-refractivity contribution in [2.24, 2.45) is 0 Å². The zero-order chi connectivity index (χ0) is 7.23. The first kappa shape index (κ1) is 8.74. The zero-order valence-electron chi connectivity index (χ0n) is 6.27. The summed E-state index contributed by atoms with van der Waals surface area (Å²) in [6, 6.07) is 0. The molecule has 0 amide bonds. The van der Waals surface area contributed by atoms with Crippen LogP contribution in [0, 0.1) is 0 Å². The molecule has 0 atom stereocenters. The molecule has 2 nitrogen and oxygen atoms in total. The van der Waals surface area contributed by atoms with E-state index < -0.39 is 0 Å². The molecule has 60 valence electrons. The van der Waals surface area contributed by atoms with Crippen LogP contribution < -0.4 is 3.53 Å². The minimum absolute atomic E-state index is 1.13. The van der Waals surface area contributed by atoms with Crippen molar-refractivity contribution in [1.29, 1.82) is 0 Å². The molecular weight excluding hydrogens is 239 g/mol. The van der Waals surface area contributed by atoms with Crippen LogP contribution in [0.25, 0.3) is 0 Å². The summed E-state index contributed by atoms with van der Waals surface area (Å²) in [5, 5.41) is 0. The van der Waals surface area contributed by atoms with Crippen molar-refractivity contribution >= 4 is 22.9 Å². The van der Waals surface area contributed by atoms with Gasteiger partial charge in [0.1, 0.15) is 0 Å². The molecule has 0 aliphatic carbocycles. The van der Waals surface area contributed by atoms with Gasteiger partial charge in [-0.1, -0.05) is 6.42 Å². The Labute approximate surface area is 76.9 Å². The molecule has 1 fully saturated rings. The van der Waals surface area contributed by atoms with E-state index >= 15 is 0 Å². The summed E-state index contributed by atoms with van der Waals surface area (Å²) >= 11 is 2.21. The van der Waals surface area contributed by atoms with E-state index in [0.29, 0.717) is 0 Å². The van der Waals surface area contributed by atoms with Crippen LogP contribution >= 0.6 is 22.9 Å². The van der Waals surface area contributed by atoms with Gasteiger partial charge >= 0.3 is 0 Å². The minimum Gasteiger partial charge on any atom is -0.302 e. The largest absolute Gasteiger partial charge is 0.302 e. The van der Waals surface area contributed by atoms with E-state index in [4.69, 9.17) is 0 Å². The van der Waals surface area contributed by atoms with Gasteiger partial charge < -0.3 is 4.90 Å². The fourth-order valence-electron chi connectivity index (χ4n) is 1.38. The molecular formula is C7H15IN2. The summed E-state index contributed by atoms with van der Waals surface area (Å²) in [6.45, 7) is 4.99. The predicted molar refractivity (Wildman–Crippen MR) is 52.3 cm³/mol. The number of likely N-dealkylation sites (tertiary alicyclic amines) is 1. The first-order valence-electron chi connectivity index (χ1n) is 3.99. The van der Waals surface area contributed by atoms with E-state index in [0.717, 1.165) is 6.54 Å². The molecule has 1 N–H and O–H groups in total. The van der Waals surface area contributed by atoms with Crippen LogP contribution in [0.2, 0.25) is 0 Å². The van der Waals surface area contributed by atoms with Crippen molar-refractivity contribution in [3.63, 3.8) is 0 Å². The lowest BCUT2D eigenvalue weighted by Crippen LogP contribution is -2.33. The fourth-order valence-corrected chi connectivity index (χ4v) is 1.62. The van der Waals surface area contributed by atoms with Gasteiger partial charge in [0.25, 0.3) is 0 Å². The van der Waals surface area contributed by atoms with E-state index in [-0.39, 0.29) is 0 Å². The monoisotopic (exact) mass is 254 g/mol. The molecule has 0 aromatic carbocycles. The molecule has 0 aromatic heterocycles. The van der Waals surface area contributed by atoms with Crippen LogP contribution in [0.15, 0.2) is 0 Å². The SMILES string of the molecule is INCCN1CCCCC1. The molecule has 10 heavy (non-hydrogen) atoms. The lowest BCUT2D eigenvalue weighted by Gasteiger charge is -2.25. The highest BCUT2D eigenvalue weighted by atomic mass is 127. The van der Waals surface area contributed by atoms with E-state index in [1.807, 2.05) is 0 Å². The molecule has 0 unspecified atom stereocenters. The lowest BCUT2D eigenvalue weighted by molar-refractivity contribution is 0.234. The summed E-state index contributed by atoms with van der Waals surface area (Å²) < 4.78 is 3.14. The predicted octanol–water partition coefficient (Wildman–Crippen LogP) is 1.41. The molecule has 3 heteroatoms. The minimum atomic E-state index is 1.13. The van der Waals surface area contributed by atoms with Crippen molar-refractivity contribution < 1.29 is 0 Å². The number of rotatable bonds is 3. The van der Waals surface area contributed by atoms with E-state index in [2.05, 4.69) is 31.3 Å². The van der Waals surface area contributed by atoms with Crippen LogP contribution in [0.5, 0.6) is 0 Å². The molecule has 0 spiro atoms. The smallest absolute Gasteiger partial charge is 0.0178 e. The van der Waals surface area contributed by atoms with Gasteiger partial charge in [-0.05, 0) is 25.9 Å². The summed E-state index contributed by atoms with van der Waals surface area (Å²) in [5.41, 5.74) is 0. The van der Waals surface area contributed by atoms with Gasteiger partial charge in [-0.25, -0.2) is 0 Å². The number of hydrogen-bond acceptors (Lipinski definition) is 2. The third-order valence-electron chi connectivity index (χ3n) is 1.97. The Kier molecular flexibility index (Phi) is 4.65. The Hall–Kier alpha value is 0.650. The second-order valence-electron chi connectivity index (χ2n) is 2.79. The average molecular weight is 254 g/mol. The Balaban J connectivity index is 2.02. The third kappa shape index (κ3) is 3.16. The second kappa shape index (κ2) is 5.32. The first-order valence-corrected chi connectivity index (χ1v) is 5.07. The number of nitrogens with one attached hydrogen (secondary N) is 1. The van der Waals surface area contributed by atoms with Gasteiger partial charge in [-0.3, -0.25) is 3.53 Å². The van der Waals surface area contributed by atoms with Gasteiger partial charge in [0.2, 0.25) is 0 Å². The topological polar surface area (TPSA) is 15.3 Å². The molecule has 0 aromatic rings. The van der Waals surface area contributed by atoms with Crippen molar-refractivity contribution in [2.75, 3.05) is 26.2 Å². The summed E-state index contributed by atoms with van der Waals surface area (Å²) in [4.78, 5) is 2.54. The number of halogens is 1. The van der Waals surface area contributed by atoms with Crippen LogP contribution in [0.1, 0.15) is 19.3 Å². The van der Waals surface area contributed by atoms with E-state index in [1.54, 1.807) is 0 Å². The van der Waals surface area contributed by atoms with Crippen molar-refractivity contribution in [3.8, 4) is 0 Å². The molecule has 1 rings (SSSR count). The molecule has 0 saturated carbocycles. The van der Waals surface area contributed by atoms with E-state index in [9.17, 15) is 0 Å². The van der Waals surface area contributed by atoms with Crippen molar-refractivity contribution in [2.45, 2.75) is 19.3 Å². The zero-order valence-corrected chi connectivity index (χ0v) is 8.43. The summed E-state index contributed by atoms with van der Waals surface area (Å²) in [7, 11) is 0. The second-order valence-corrected chi connectivity index (χ2v) is 3.55. The number of hydrogen-bond donors (Lipinski definition) is 1. The van der Waals surface area contributed by atoms with Crippen molar-refractivity contribution in [3.05, 3.63) is 0 Å². The molecule has 1 aliphatic heterocycles. The maximum Gasteiger partial charge on any atom is 0.0178 e. The van der Waals surface area contributed by atoms with Gasteiger partial charge in [-0.15, -0.1) is 0 Å². The summed E-state index contributed by atoms with van der Waals surface area (Å²) in [5.74, 6) is 0. The molecule has 0 radical (unpaired) electrons. The summed E-state index contributed by atoms with van der Waals surface area (Å²) in [6.07, 6.45) is 4.25. The Morgan fingerprint density at radius 2 is 1.90 bits per heavy atom. The number of nitrogens with zero attached hydrogens (tertiary/aromatic N) is 1. The first-order chi connectivity index (χ1) is 4.93. The van der Waals surface area contributed by atoms with Gasteiger partial charge in [-0.2, -0.15) is 0 Å². The quantitative estimate of drug-likeness (QED) is 0.605. The Morgan fingerprint density at radius 1 is 1.20 bits per heavy atom. The van der Waals surface area contributed by atoms with Crippen molar-refractivity contribution in [1.82, 2.24) is 8.43 Å². The lowest BCUT2D eigenvalue weighted by atomic mass is 10.1. The van der Waals surface area contributed by atoms with Crippen LogP contribution in [-0.2, 0) is 0 Å².